The van der Waals surface area contributed by atoms with Crippen LogP contribution in [-0.2, 0) is 10.4 Å². The van der Waals surface area contributed by atoms with Gasteiger partial charge in [0.25, 0.3) is 0 Å². The van der Waals surface area contributed by atoms with Gasteiger partial charge in [-0.1, -0.05) is 123 Å². The second-order valence-corrected chi connectivity index (χ2v) is 12.1. The average Bonchev–Trinajstić information content (AvgIpc) is 3.37. The molecule has 11 heteroatoms. The van der Waals surface area contributed by atoms with Crippen LogP contribution in [0, 0.1) is 0 Å². The number of oxime groups is 1. The Morgan fingerprint density at radius 3 is 1.84 bits per heavy atom. The van der Waals surface area contributed by atoms with Crippen molar-refractivity contribution < 1.29 is 27.5 Å². The fourth-order valence-electron chi connectivity index (χ4n) is 5.11. The Kier molecular flexibility index (Phi) is 9.20. The van der Waals surface area contributed by atoms with Crippen molar-refractivity contribution in [2.75, 3.05) is 13.1 Å². The number of aliphatic hydroxyl groups is 1. The highest BCUT2D eigenvalue weighted by Gasteiger charge is 2.62. The Hall–Kier alpha value is -2.95. The minimum Gasteiger partial charge on any atom is -0.382 e. The molecule has 1 saturated heterocycles. The number of benzene rings is 4. The summed E-state index contributed by atoms with van der Waals surface area (Å²) in [5.74, 6) is -3.83. The summed E-state index contributed by atoms with van der Waals surface area (Å²) < 4.78 is 53.3. The number of hydrogen-bond acceptors (Lipinski definition) is 4. The van der Waals surface area contributed by atoms with E-state index >= 15 is 0 Å². The topological polar surface area (TPSA) is 45.1 Å². The molecule has 2 heterocycles. The highest BCUT2D eigenvalue weighted by Crippen LogP contribution is 2.45. The monoisotopic (exact) mass is 694 g/mol. The van der Waals surface area contributed by atoms with Gasteiger partial charge in [-0.15, -0.1) is 0 Å². The van der Waals surface area contributed by atoms with Crippen LogP contribution in [0.4, 0.5) is 17.6 Å². The molecule has 1 atom stereocenters. The lowest BCUT2D eigenvalue weighted by Crippen LogP contribution is -2.60. The standard InChI is InChI=1S/C26H21BrF4N2O2.C6H4Cl2/c27-21-13-19(22-14-25(28,35-32-22)26(29,30)31)11-12-20(21)24(34)15-33(16-24)23(17-7-3-1-4-8-17)18-9-5-2-6-10-18;7-5-2-1-3-6(8)4-5/h1-13,23,34H,14-16H2;1-4H. The highest BCUT2D eigenvalue weighted by atomic mass is 79.9. The van der Waals surface area contributed by atoms with Gasteiger partial charge in [0.1, 0.15) is 5.60 Å². The first-order valence-corrected chi connectivity index (χ1v) is 14.7. The maximum absolute atomic E-state index is 14.1. The molecule has 2 aliphatic rings. The zero-order valence-corrected chi connectivity index (χ0v) is 25.5. The molecule has 4 aromatic carbocycles. The van der Waals surface area contributed by atoms with E-state index in [1.807, 2.05) is 42.5 Å². The molecular formula is C32H25BrCl2F4N2O2. The highest BCUT2D eigenvalue weighted by molar-refractivity contribution is 9.10. The van der Waals surface area contributed by atoms with Gasteiger partial charge >= 0.3 is 12.0 Å². The van der Waals surface area contributed by atoms with Gasteiger partial charge in [0, 0.05) is 38.7 Å². The van der Waals surface area contributed by atoms with Crippen LogP contribution in [0.3, 0.4) is 0 Å². The Morgan fingerprint density at radius 1 is 0.837 bits per heavy atom. The minimum atomic E-state index is -5.19. The molecule has 0 saturated carbocycles. The molecule has 0 aliphatic carbocycles. The zero-order chi connectivity index (χ0) is 30.8. The maximum atomic E-state index is 14.1. The van der Waals surface area contributed by atoms with E-state index in [-0.39, 0.29) is 17.3 Å². The number of likely N-dealkylation sites (tertiary alicyclic amines) is 1. The van der Waals surface area contributed by atoms with E-state index in [9.17, 15) is 22.7 Å². The third-order valence-electron chi connectivity index (χ3n) is 7.23. The van der Waals surface area contributed by atoms with Crippen LogP contribution in [-0.4, -0.2) is 40.8 Å². The molecule has 4 aromatic rings. The number of alkyl halides is 4. The summed E-state index contributed by atoms with van der Waals surface area (Å²) in [5.41, 5.74) is 1.79. The van der Waals surface area contributed by atoms with Crippen LogP contribution in [0.2, 0.25) is 10.0 Å². The Balaban J connectivity index is 0.000000400. The molecule has 1 fully saturated rings. The van der Waals surface area contributed by atoms with Crippen molar-refractivity contribution in [3.05, 3.63) is 140 Å². The SMILES string of the molecule is Clc1cccc(Cl)c1.OC1(c2ccc(C3=NOC(F)(C(F)(F)F)C3)cc2Br)CN(C(c2ccccc2)c2ccccc2)C1. The van der Waals surface area contributed by atoms with Crippen LogP contribution in [0.15, 0.2) is 113 Å². The van der Waals surface area contributed by atoms with Crippen molar-refractivity contribution in [2.45, 2.75) is 30.1 Å². The molecule has 1 unspecified atom stereocenters. The Morgan fingerprint density at radius 2 is 1.40 bits per heavy atom. The molecule has 1 N–H and O–H groups in total. The maximum Gasteiger partial charge on any atom is 0.463 e. The fourth-order valence-corrected chi connectivity index (χ4v) is 6.29. The van der Waals surface area contributed by atoms with Crippen LogP contribution in [0.5, 0.6) is 0 Å². The van der Waals surface area contributed by atoms with Crippen LogP contribution in [0.1, 0.15) is 34.7 Å². The molecule has 0 bridgehead atoms. The van der Waals surface area contributed by atoms with E-state index in [2.05, 4.69) is 55.1 Å². The average molecular weight is 696 g/mol. The molecule has 224 valence electrons. The summed E-state index contributed by atoms with van der Waals surface area (Å²) in [5, 5.41) is 16.1. The number of rotatable bonds is 5. The van der Waals surface area contributed by atoms with E-state index in [0.29, 0.717) is 33.2 Å². The lowest BCUT2D eigenvalue weighted by molar-refractivity contribution is -0.322. The van der Waals surface area contributed by atoms with Gasteiger partial charge in [-0.2, -0.15) is 17.6 Å². The molecule has 43 heavy (non-hydrogen) atoms. The first-order chi connectivity index (χ1) is 20.4. The molecule has 0 amide bonds. The fraction of sp³-hybridized carbons (Fsp3) is 0.219. The van der Waals surface area contributed by atoms with Crippen molar-refractivity contribution in [3.8, 4) is 0 Å². The smallest absolute Gasteiger partial charge is 0.382 e. The van der Waals surface area contributed by atoms with Gasteiger partial charge in [-0.25, -0.2) is 0 Å². The number of halogens is 7. The normalized spacial score (nSPS) is 19.6. The van der Waals surface area contributed by atoms with E-state index in [1.54, 1.807) is 24.3 Å². The van der Waals surface area contributed by atoms with E-state index in [0.717, 1.165) is 11.1 Å². The molecule has 2 aliphatic heterocycles. The molecule has 0 spiro atoms. The van der Waals surface area contributed by atoms with E-state index in [1.165, 1.54) is 12.1 Å². The summed E-state index contributed by atoms with van der Waals surface area (Å²) in [6.45, 7) is 0.705. The minimum absolute atomic E-state index is 0.0410. The van der Waals surface area contributed by atoms with Crippen LogP contribution in [0.25, 0.3) is 0 Å². The second-order valence-electron chi connectivity index (χ2n) is 10.3. The third-order valence-corrected chi connectivity index (χ3v) is 8.36. The van der Waals surface area contributed by atoms with Gasteiger partial charge in [0.2, 0.25) is 0 Å². The number of hydrogen-bond donors (Lipinski definition) is 1. The molecular weight excluding hydrogens is 671 g/mol. The van der Waals surface area contributed by atoms with Crippen LogP contribution < -0.4 is 0 Å². The first kappa shape index (κ1) is 31.5. The van der Waals surface area contributed by atoms with Crippen molar-refractivity contribution in [1.82, 2.24) is 4.90 Å². The first-order valence-electron chi connectivity index (χ1n) is 13.2. The lowest BCUT2D eigenvalue weighted by atomic mass is 9.82. The molecule has 6 rings (SSSR count). The Bertz CT molecular complexity index is 1550. The van der Waals surface area contributed by atoms with Crippen molar-refractivity contribution in [2.24, 2.45) is 5.16 Å². The second kappa shape index (κ2) is 12.6. The largest absolute Gasteiger partial charge is 0.463 e. The lowest BCUT2D eigenvalue weighted by Gasteiger charge is -2.51. The summed E-state index contributed by atoms with van der Waals surface area (Å²) >= 11 is 14.6. The predicted octanol–water partition coefficient (Wildman–Crippen LogP) is 9.09. The van der Waals surface area contributed by atoms with Crippen molar-refractivity contribution in [1.29, 1.82) is 0 Å². The summed E-state index contributed by atoms with van der Waals surface area (Å²) in [7, 11) is 0. The van der Waals surface area contributed by atoms with Gasteiger partial charge in [-0.3, -0.25) is 4.90 Å². The zero-order valence-electron chi connectivity index (χ0n) is 22.4. The summed E-state index contributed by atoms with van der Waals surface area (Å²) in [6, 6.07) is 31.8. The van der Waals surface area contributed by atoms with Crippen LogP contribution >= 0.6 is 39.1 Å². The number of β-amino-alcohol motifs (C(OH)–C–C–N with tert-alkyl or cyclic N) is 1. The summed E-state index contributed by atoms with van der Waals surface area (Å²) in [6.07, 6.45) is -6.22. The van der Waals surface area contributed by atoms with Gasteiger partial charge in [0.15, 0.2) is 0 Å². The van der Waals surface area contributed by atoms with Gasteiger partial charge in [0.05, 0.1) is 18.2 Å². The van der Waals surface area contributed by atoms with Crippen molar-refractivity contribution >= 4 is 44.8 Å². The number of nitrogens with zero attached hydrogens (tertiary/aromatic N) is 2. The van der Waals surface area contributed by atoms with E-state index < -0.39 is 24.1 Å². The van der Waals surface area contributed by atoms with Gasteiger partial charge in [-0.05, 0) is 35.4 Å². The molecule has 4 nitrogen and oxygen atoms in total. The van der Waals surface area contributed by atoms with Crippen molar-refractivity contribution in [3.63, 3.8) is 0 Å². The third kappa shape index (κ3) is 6.91. The quantitative estimate of drug-likeness (QED) is 0.212. The summed E-state index contributed by atoms with van der Waals surface area (Å²) in [4.78, 5) is 6.26. The predicted molar refractivity (Wildman–Crippen MR) is 163 cm³/mol. The van der Waals surface area contributed by atoms with E-state index in [4.69, 9.17) is 23.2 Å². The Labute approximate surface area is 264 Å². The molecule has 0 aromatic heterocycles. The van der Waals surface area contributed by atoms with Gasteiger partial charge < -0.3 is 9.94 Å². The molecule has 0 radical (unpaired) electrons.